The zero-order valence-electron chi connectivity index (χ0n) is 15.6. The van der Waals surface area contributed by atoms with Gasteiger partial charge in [0.25, 0.3) is 0 Å². The maximum atomic E-state index is 2.40. The predicted molar refractivity (Wildman–Crippen MR) is 104 cm³/mol. The lowest BCUT2D eigenvalue weighted by atomic mass is 10.1. The maximum absolute atomic E-state index is 2.40. The quantitative estimate of drug-likeness (QED) is 0.187. The van der Waals surface area contributed by atoms with E-state index in [1.807, 2.05) is 0 Å². The lowest BCUT2D eigenvalue weighted by Crippen LogP contribution is -1.78. The summed E-state index contributed by atoms with van der Waals surface area (Å²) >= 11 is 0. The number of allylic oxidation sites excluding steroid dienone is 4. The van der Waals surface area contributed by atoms with Crippen molar-refractivity contribution in [3.8, 4) is 0 Å². The van der Waals surface area contributed by atoms with E-state index >= 15 is 0 Å². The molecule has 0 aliphatic carbocycles. The summed E-state index contributed by atoms with van der Waals surface area (Å²) in [5, 5.41) is 0. The van der Waals surface area contributed by atoms with Gasteiger partial charge in [0, 0.05) is 0 Å². The van der Waals surface area contributed by atoms with Crippen molar-refractivity contribution < 1.29 is 0 Å². The molecule has 0 atom stereocenters. The molecule has 0 aliphatic rings. The first-order chi connectivity index (χ1) is 10.9. The monoisotopic (exact) mass is 306 g/mol. The Labute approximate surface area is 141 Å². The second kappa shape index (κ2) is 20.5. The van der Waals surface area contributed by atoms with Gasteiger partial charge in [-0.05, 0) is 51.4 Å². The van der Waals surface area contributed by atoms with Crippen LogP contribution in [0.1, 0.15) is 117 Å². The molecule has 0 aromatic rings. The molecule has 0 spiro atoms. The summed E-state index contributed by atoms with van der Waals surface area (Å²) in [7, 11) is 0. The van der Waals surface area contributed by atoms with Crippen molar-refractivity contribution in [1.29, 1.82) is 0 Å². The number of rotatable bonds is 17. The van der Waals surface area contributed by atoms with Gasteiger partial charge in [-0.15, -0.1) is 0 Å². The van der Waals surface area contributed by atoms with Gasteiger partial charge in [-0.25, -0.2) is 0 Å². The van der Waals surface area contributed by atoms with Gasteiger partial charge in [0.15, 0.2) is 0 Å². The largest absolute Gasteiger partial charge is 0.0885 e. The van der Waals surface area contributed by atoms with Crippen LogP contribution in [0.4, 0.5) is 0 Å². The number of unbranched alkanes of at least 4 members (excludes halogenated alkanes) is 13. The second-order valence-electron chi connectivity index (χ2n) is 6.63. The van der Waals surface area contributed by atoms with E-state index in [2.05, 4.69) is 38.2 Å². The van der Waals surface area contributed by atoms with E-state index in [1.54, 1.807) is 0 Å². The summed E-state index contributed by atoms with van der Waals surface area (Å²) in [5.41, 5.74) is 0. The summed E-state index contributed by atoms with van der Waals surface area (Å²) in [6, 6.07) is 0. The highest BCUT2D eigenvalue weighted by atomic mass is 14.0. The molecule has 0 saturated carbocycles. The zero-order chi connectivity index (χ0) is 16.1. The highest BCUT2D eigenvalue weighted by Gasteiger charge is 1.89. The minimum absolute atomic E-state index is 1.29. The highest BCUT2D eigenvalue weighted by molar-refractivity contribution is 4.82. The van der Waals surface area contributed by atoms with E-state index in [-0.39, 0.29) is 0 Å². The van der Waals surface area contributed by atoms with Gasteiger partial charge in [0.2, 0.25) is 0 Å². The Balaban J connectivity index is 3.10. The van der Waals surface area contributed by atoms with Crippen LogP contribution in [0.25, 0.3) is 0 Å². The van der Waals surface area contributed by atoms with E-state index in [0.717, 1.165) is 0 Å². The first kappa shape index (κ1) is 21.5. The molecular formula is C22H42. The Bertz CT molecular complexity index is 210. The molecule has 0 bridgehead atoms. The average molecular weight is 307 g/mol. The molecule has 0 radical (unpaired) electrons. The third-order valence-corrected chi connectivity index (χ3v) is 4.27. The molecule has 0 rings (SSSR count). The smallest absolute Gasteiger partial charge is 0.0351 e. The lowest BCUT2D eigenvalue weighted by molar-refractivity contribution is 0.647. The Kier molecular flexibility index (Phi) is 20.0. The fourth-order valence-corrected chi connectivity index (χ4v) is 2.73. The van der Waals surface area contributed by atoms with E-state index in [0.29, 0.717) is 0 Å². The molecule has 0 aromatic heterocycles. The molecule has 0 heterocycles. The molecule has 0 amide bonds. The molecule has 0 fully saturated rings. The summed E-state index contributed by atoms with van der Waals surface area (Å²) in [4.78, 5) is 0. The molecular weight excluding hydrogens is 264 g/mol. The summed E-state index contributed by atoms with van der Waals surface area (Å²) in [5.74, 6) is 0. The van der Waals surface area contributed by atoms with Crippen molar-refractivity contribution in [2.75, 3.05) is 0 Å². The van der Waals surface area contributed by atoms with E-state index in [4.69, 9.17) is 0 Å². The first-order valence-electron chi connectivity index (χ1n) is 10.2. The Hall–Kier alpha value is -0.520. The van der Waals surface area contributed by atoms with Crippen LogP contribution in [-0.2, 0) is 0 Å². The number of hydrogen-bond donors (Lipinski definition) is 0. The van der Waals surface area contributed by atoms with Crippen LogP contribution in [0.2, 0.25) is 0 Å². The maximum Gasteiger partial charge on any atom is -0.0351 e. The summed E-state index contributed by atoms with van der Waals surface area (Å²) < 4.78 is 0. The molecule has 0 aromatic carbocycles. The van der Waals surface area contributed by atoms with Gasteiger partial charge in [0.1, 0.15) is 0 Å². The normalized spacial score (nSPS) is 11.9. The van der Waals surface area contributed by atoms with E-state index in [9.17, 15) is 0 Å². The van der Waals surface area contributed by atoms with E-state index < -0.39 is 0 Å². The topological polar surface area (TPSA) is 0 Å². The highest BCUT2D eigenvalue weighted by Crippen LogP contribution is 2.09. The van der Waals surface area contributed by atoms with Gasteiger partial charge in [0.05, 0.1) is 0 Å². The molecule has 0 nitrogen and oxygen atoms in total. The molecule has 0 heteroatoms. The first-order valence-corrected chi connectivity index (χ1v) is 10.2. The minimum Gasteiger partial charge on any atom is -0.0885 e. The molecule has 0 N–H and O–H groups in total. The van der Waals surface area contributed by atoms with Gasteiger partial charge in [-0.2, -0.15) is 0 Å². The van der Waals surface area contributed by atoms with Gasteiger partial charge >= 0.3 is 0 Å². The molecule has 0 saturated heterocycles. The van der Waals surface area contributed by atoms with Gasteiger partial charge in [-0.3, -0.25) is 0 Å². The van der Waals surface area contributed by atoms with Crippen LogP contribution in [0.15, 0.2) is 24.3 Å². The third-order valence-electron chi connectivity index (χ3n) is 4.27. The Morgan fingerprint density at radius 1 is 0.364 bits per heavy atom. The van der Waals surface area contributed by atoms with Crippen LogP contribution >= 0.6 is 0 Å². The SMILES string of the molecule is CCCCCC/C=C\CCCCCC/C=C\CCCCCC. The van der Waals surface area contributed by atoms with Crippen LogP contribution < -0.4 is 0 Å². The van der Waals surface area contributed by atoms with Crippen LogP contribution in [0.5, 0.6) is 0 Å². The zero-order valence-corrected chi connectivity index (χ0v) is 15.6. The third kappa shape index (κ3) is 19.5. The van der Waals surface area contributed by atoms with Crippen LogP contribution in [-0.4, -0.2) is 0 Å². The van der Waals surface area contributed by atoms with Crippen molar-refractivity contribution in [1.82, 2.24) is 0 Å². The van der Waals surface area contributed by atoms with Crippen molar-refractivity contribution in [2.45, 2.75) is 117 Å². The standard InChI is InChI=1S/C22H42/c1-3-5-7-9-11-13-15-17-19-21-22-20-18-16-14-12-10-8-6-4-2/h13-16H,3-12,17-22H2,1-2H3/b15-13-,16-14-. The average Bonchev–Trinajstić information content (AvgIpc) is 2.54. The van der Waals surface area contributed by atoms with E-state index in [1.165, 1.54) is 103 Å². The minimum atomic E-state index is 1.29. The Morgan fingerprint density at radius 2 is 0.636 bits per heavy atom. The molecule has 22 heavy (non-hydrogen) atoms. The van der Waals surface area contributed by atoms with Crippen LogP contribution in [0, 0.1) is 0 Å². The van der Waals surface area contributed by atoms with Gasteiger partial charge in [-0.1, -0.05) is 89.5 Å². The molecule has 0 aliphatic heterocycles. The Morgan fingerprint density at radius 3 is 0.909 bits per heavy atom. The van der Waals surface area contributed by atoms with Crippen molar-refractivity contribution in [3.63, 3.8) is 0 Å². The number of hydrogen-bond acceptors (Lipinski definition) is 0. The van der Waals surface area contributed by atoms with Gasteiger partial charge < -0.3 is 0 Å². The second-order valence-corrected chi connectivity index (χ2v) is 6.63. The fourth-order valence-electron chi connectivity index (χ4n) is 2.73. The van der Waals surface area contributed by atoms with Crippen molar-refractivity contribution in [2.24, 2.45) is 0 Å². The molecule has 130 valence electrons. The van der Waals surface area contributed by atoms with Crippen molar-refractivity contribution >= 4 is 0 Å². The summed E-state index contributed by atoms with van der Waals surface area (Å²) in [6.45, 7) is 4.55. The molecule has 0 unspecified atom stereocenters. The fraction of sp³-hybridized carbons (Fsp3) is 0.818. The predicted octanol–water partition coefficient (Wildman–Crippen LogP) is 8.38. The summed E-state index contributed by atoms with van der Waals surface area (Å²) in [6.07, 6.45) is 31.4. The van der Waals surface area contributed by atoms with Crippen LogP contribution in [0.3, 0.4) is 0 Å². The van der Waals surface area contributed by atoms with Crippen molar-refractivity contribution in [3.05, 3.63) is 24.3 Å². The lowest BCUT2D eigenvalue weighted by Gasteiger charge is -1.98.